The number of nitrogens with zero attached hydrogens (tertiary/aromatic N) is 2. The zero-order valence-electron chi connectivity index (χ0n) is 16.6. The Morgan fingerprint density at radius 2 is 1.83 bits per heavy atom. The molecule has 0 aliphatic carbocycles. The summed E-state index contributed by atoms with van der Waals surface area (Å²) in [6.07, 6.45) is 0. The van der Waals surface area contributed by atoms with Crippen LogP contribution in [-0.4, -0.2) is 11.0 Å². The van der Waals surface area contributed by atoms with Crippen molar-refractivity contribution < 1.29 is 9.90 Å². The number of carbonyl (C=O) groups is 1. The van der Waals surface area contributed by atoms with Crippen molar-refractivity contribution in [1.82, 2.24) is 0 Å². The molecule has 0 atom stereocenters. The largest absolute Gasteiger partial charge is 0.507 e. The summed E-state index contributed by atoms with van der Waals surface area (Å²) < 4.78 is 0. The van der Waals surface area contributed by atoms with Crippen LogP contribution in [-0.2, 0) is 5.41 Å². The molecule has 0 fully saturated rings. The predicted molar refractivity (Wildman–Crippen MR) is 119 cm³/mol. The second-order valence-electron chi connectivity index (χ2n) is 7.71. The smallest absolute Gasteiger partial charge is 0.259 e. The van der Waals surface area contributed by atoms with Crippen LogP contribution < -0.4 is 5.32 Å². The number of halogens is 1. The summed E-state index contributed by atoms with van der Waals surface area (Å²) in [6.45, 7) is 5.83. The zero-order valence-corrected chi connectivity index (χ0v) is 18.1. The van der Waals surface area contributed by atoms with Gasteiger partial charge in [-0.05, 0) is 53.4 Å². The molecule has 7 heteroatoms. The molecule has 0 aliphatic heterocycles. The number of anilines is 1. The fourth-order valence-electron chi connectivity index (χ4n) is 2.95. The van der Waals surface area contributed by atoms with Gasteiger partial charge in [-0.25, -0.2) is 0 Å². The molecule has 0 saturated carbocycles. The first kappa shape index (κ1) is 21.4. The minimum Gasteiger partial charge on any atom is -0.507 e. The first-order chi connectivity index (χ1) is 14.1. The van der Waals surface area contributed by atoms with Crippen molar-refractivity contribution >= 4 is 34.5 Å². The van der Waals surface area contributed by atoms with Crippen LogP contribution in [0, 0.1) is 22.7 Å². The quantitative estimate of drug-likeness (QED) is 0.521. The van der Waals surface area contributed by atoms with E-state index >= 15 is 0 Å². The monoisotopic (exact) mass is 435 g/mol. The second-order valence-corrected chi connectivity index (χ2v) is 9.20. The van der Waals surface area contributed by atoms with Crippen LogP contribution in [0.4, 0.5) is 5.69 Å². The number of rotatable bonds is 3. The van der Waals surface area contributed by atoms with E-state index in [1.165, 1.54) is 17.4 Å². The Hall–Kier alpha value is -3.32. The number of carbonyl (C=O) groups excluding carboxylic acids is 1. The summed E-state index contributed by atoms with van der Waals surface area (Å²) >= 11 is 7.49. The number of phenols is 1. The molecule has 0 spiro atoms. The van der Waals surface area contributed by atoms with Crippen LogP contribution in [0.2, 0.25) is 5.02 Å². The zero-order chi connectivity index (χ0) is 22.1. The summed E-state index contributed by atoms with van der Waals surface area (Å²) in [7, 11) is 0. The van der Waals surface area contributed by atoms with Crippen molar-refractivity contribution in [2.24, 2.45) is 0 Å². The van der Waals surface area contributed by atoms with Gasteiger partial charge in [-0.3, -0.25) is 4.79 Å². The van der Waals surface area contributed by atoms with Gasteiger partial charge in [-0.15, -0.1) is 11.3 Å². The minimum absolute atomic E-state index is 0.102. The topological polar surface area (TPSA) is 96.9 Å². The molecule has 3 rings (SSSR count). The van der Waals surface area contributed by atoms with E-state index in [4.69, 9.17) is 22.1 Å². The Morgan fingerprint density at radius 3 is 2.40 bits per heavy atom. The van der Waals surface area contributed by atoms with E-state index in [0.29, 0.717) is 21.7 Å². The van der Waals surface area contributed by atoms with Gasteiger partial charge in [0.05, 0.1) is 27.9 Å². The van der Waals surface area contributed by atoms with Crippen LogP contribution in [0.25, 0.3) is 10.4 Å². The lowest BCUT2D eigenvalue weighted by Crippen LogP contribution is -2.17. The highest BCUT2D eigenvalue weighted by atomic mass is 35.5. The van der Waals surface area contributed by atoms with Crippen molar-refractivity contribution in [1.29, 1.82) is 10.5 Å². The molecule has 1 amide bonds. The summed E-state index contributed by atoms with van der Waals surface area (Å²) in [5.41, 5.74) is 1.75. The highest BCUT2D eigenvalue weighted by Gasteiger charge is 2.25. The maximum atomic E-state index is 13.0. The predicted octanol–water partition coefficient (Wildman–Crippen LogP) is 6.07. The molecular weight excluding hydrogens is 418 g/mol. The Morgan fingerprint density at radius 1 is 1.10 bits per heavy atom. The van der Waals surface area contributed by atoms with Crippen molar-refractivity contribution in [3.05, 3.63) is 69.1 Å². The number of nitriles is 2. The third-order valence-electron chi connectivity index (χ3n) is 4.51. The van der Waals surface area contributed by atoms with E-state index in [-0.39, 0.29) is 16.3 Å². The SMILES string of the molecule is CC(C)(C)c1cc(-c2ccc(C#N)s2)cc(C(=O)Nc2ccc(C#N)cc2Cl)c1O. The standard InChI is InChI=1S/C23H18ClN3O2S/c1-23(2,3)17-10-14(20-7-5-15(12-26)30-20)9-16(21(17)28)22(29)27-19-6-4-13(11-25)8-18(19)24/h4-10,28H,1-3H3,(H,27,29). The Bertz CT molecular complexity index is 1230. The normalized spacial score (nSPS) is 10.9. The lowest BCUT2D eigenvalue weighted by Gasteiger charge is -2.23. The van der Waals surface area contributed by atoms with Gasteiger partial charge in [0.2, 0.25) is 0 Å². The molecule has 150 valence electrons. The van der Waals surface area contributed by atoms with Gasteiger partial charge in [0.1, 0.15) is 16.7 Å². The minimum atomic E-state index is -0.525. The lowest BCUT2D eigenvalue weighted by molar-refractivity contribution is 0.102. The maximum absolute atomic E-state index is 13.0. The molecule has 0 saturated heterocycles. The molecule has 3 aromatic rings. The number of nitrogens with one attached hydrogen (secondary N) is 1. The summed E-state index contributed by atoms with van der Waals surface area (Å²) in [6, 6.07) is 15.6. The molecule has 2 aromatic carbocycles. The first-order valence-corrected chi connectivity index (χ1v) is 10.2. The number of amides is 1. The summed E-state index contributed by atoms with van der Waals surface area (Å²) in [4.78, 5) is 14.4. The molecule has 5 nitrogen and oxygen atoms in total. The van der Waals surface area contributed by atoms with E-state index in [0.717, 1.165) is 10.4 Å². The number of aromatic hydroxyl groups is 1. The van der Waals surface area contributed by atoms with Crippen molar-refractivity contribution in [2.75, 3.05) is 5.32 Å². The van der Waals surface area contributed by atoms with E-state index in [1.54, 1.807) is 24.3 Å². The van der Waals surface area contributed by atoms with E-state index in [1.807, 2.05) is 39.0 Å². The molecule has 0 aliphatic rings. The molecule has 2 N–H and O–H groups in total. The fourth-order valence-corrected chi connectivity index (χ4v) is 3.97. The lowest BCUT2D eigenvalue weighted by atomic mass is 9.83. The van der Waals surface area contributed by atoms with Gasteiger partial charge in [-0.2, -0.15) is 10.5 Å². The number of benzene rings is 2. The van der Waals surface area contributed by atoms with Crippen molar-refractivity contribution in [2.45, 2.75) is 26.2 Å². The molecule has 30 heavy (non-hydrogen) atoms. The third kappa shape index (κ3) is 4.31. The number of hydrogen-bond donors (Lipinski definition) is 2. The van der Waals surface area contributed by atoms with E-state index in [2.05, 4.69) is 11.4 Å². The third-order valence-corrected chi connectivity index (χ3v) is 5.86. The Labute approximate surface area is 183 Å². The highest BCUT2D eigenvalue weighted by molar-refractivity contribution is 7.16. The van der Waals surface area contributed by atoms with Crippen LogP contribution in [0.3, 0.4) is 0 Å². The average Bonchev–Trinajstić information content (AvgIpc) is 3.18. The molecule has 1 heterocycles. The highest BCUT2D eigenvalue weighted by Crippen LogP contribution is 2.39. The molecule has 0 radical (unpaired) electrons. The number of phenolic OH excluding ortho intramolecular Hbond substituents is 1. The number of thiophene rings is 1. The van der Waals surface area contributed by atoms with Gasteiger partial charge >= 0.3 is 0 Å². The van der Waals surface area contributed by atoms with Crippen LogP contribution in [0.1, 0.15) is 47.1 Å². The Kier molecular flexibility index (Phi) is 5.85. The van der Waals surface area contributed by atoms with Crippen molar-refractivity contribution in [3.63, 3.8) is 0 Å². The molecule has 1 aromatic heterocycles. The average molecular weight is 436 g/mol. The van der Waals surface area contributed by atoms with Crippen molar-refractivity contribution in [3.8, 4) is 28.3 Å². The summed E-state index contributed by atoms with van der Waals surface area (Å²) in [5.74, 6) is -0.630. The molecule has 0 bridgehead atoms. The number of hydrogen-bond acceptors (Lipinski definition) is 5. The maximum Gasteiger partial charge on any atom is 0.259 e. The summed E-state index contributed by atoms with van der Waals surface area (Å²) in [5, 5.41) is 31.9. The van der Waals surface area contributed by atoms with Crippen LogP contribution >= 0.6 is 22.9 Å². The van der Waals surface area contributed by atoms with E-state index < -0.39 is 11.3 Å². The molecule has 0 unspecified atom stereocenters. The first-order valence-electron chi connectivity index (χ1n) is 9.03. The van der Waals surface area contributed by atoms with Gasteiger partial charge in [0.25, 0.3) is 5.91 Å². The van der Waals surface area contributed by atoms with E-state index in [9.17, 15) is 9.90 Å². The van der Waals surface area contributed by atoms with Gasteiger partial charge in [0.15, 0.2) is 0 Å². The Balaban J connectivity index is 2.09. The van der Waals surface area contributed by atoms with Gasteiger partial charge in [-0.1, -0.05) is 32.4 Å². The second kappa shape index (κ2) is 8.20. The fraction of sp³-hybridized carbons (Fsp3) is 0.174. The molecular formula is C23H18ClN3O2S. The van der Waals surface area contributed by atoms with Crippen LogP contribution in [0.15, 0.2) is 42.5 Å². The van der Waals surface area contributed by atoms with Crippen LogP contribution in [0.5, 0.6) is 5.75 Å². The van der Waals surface area contributed by atoms with Gasteiger partial charge in [0, 0.05) is 10.4 Å². The van der Waals surface area contributed by atoms with Gasteiger partial charge < -0.3 is 10.4 Å².